The molecule has 0 bridgehead atoms. The molecule has 9 heteroatoms. The Kier molecular flexibility index (Phi) is 4.73. The van der Waals surface area contributed by atoms with Crippen molar-refractivity contribution < 1.29 is 17.9 Å². The number of fused-ring (bicyclic) bond motifs is 1. The van der Waals surface area contributed by atoms with Crippen molar-refractivity contribution in [2.75, 3.05) is 5.73 Å². The molecule has 146 valence electrons. The highest BCUT2D eigenvalue weighted by atomic mass is 35.5. The zero-order valence-corrected chi connectivity index (χ0v) is 16.4. The lowest BCUT2D eigenvalue weighted by molar-refractivity contribution is 0.0727. The number of carbonyl (C=O) groups is 1. The molecule has 0 aliphatic heterocycles. The summed E-state index contributed by atoms with van der Waals surface area (Å²) in [5.41, 5.74) is 6.06. The van der Waals surface area contributed by atoms with E-state index in [-0.39, 0.29) is 22.2 Å². The predicted molar refractivity (Wildman–Crippen MR) is 110 cm³/mol. The number of benzene rings is 3. The summed E-state index contributed by atoms with van der Waals surface area (Å²) in [5, 5.41) is 5.98. The number of nitrogens with zero attached hydrogens (tertiary/aromatic N) is 2. The second-order valence-electron chi connectivity index (χ2n) is 6.16. The van der Waals surface area contributed by atoms with Gasteiger partial charge in [0.2, 0.25) is 5.88 Å². The minimum Gasteiger partial charge on any atom is -0.402 e. The molecule has 0 unspecified atom stereocenters. The molecule has 0 saturated carbocycles. The highest BCUT2D eigenvalue weighted by molar-refractivity contribution is 7.90. The first-order valence-electron chi connectivity index (χ1n) is 8.42. The number of nitrogen functional groups attached to an aromatic ring is 1. The van der Waals surface area contributed by atoms with Gasteiger partial charge in [-0.1, -0.05) is 41.9 Å². The summed E-state index contributed by atoms with van der Waals surface area (Å²) in [6, 6.07) is 19.3. The third kappa shape index (κ3) is 3.67. The first kappa shape index (κ1) is 19.0. The Labute approximate surface area is 171 Å². The average Bonchev–Trinajstić information content (AvgIpc) is 3.09. The highest BCUT2D eigenvalue weighted by Gasteiger charge is 2.23. The number of hydrogen-bond donors (Lipinski definition) is 1. The van der Waals surface area contributed by atoms with E-state index in [9.17, 15) is 13.2 Å². The number of halogens is 1. The Morgan fingerprint density at radius 3 is 2.38 bits per heavy atom. The Bertz CT molecular complexity index is 1330. The smallest absolute Gasteiger partial charge is 0.344 e. The van der Waals surface area contributed by atoms with Crippen molar-refractivity contribution in [1.29, 1.82) is 0 Å². The van der Waals surface area contributed by atoms with Gasteiger partial charge in [0.15, 0.2) is 0 Å². The first-order chi connectivity index (χ1) is 13.8. The SMILES string of the molecule is Nc1cc(OC(=O)c2ccc(Cl)cc2)nn1S(=O)(=O)c1ccc2ccccc2c1. The van der Waals surface area contributed by atoms with E-state index in [0.29, 0.717) is 9.11 Å². The van der Waals surface area contributed by atoms with Crippen molar-refractivity contribution in [3.05, 3.63) is 83.4 Å². The number of rotatable bonds is 4. The Hall–Kier alpha value is -3.36. The Balaban J connectivity index is 1.65. The Morgan fingerprint density at radius 2 is 1.66 bits per heavy atom. The summed E-state index contributed by atoms with van der Waals surface area (Å²) in [4.78, 5) is 12.2. The molecule has 0 aliphatic rings. The maximum absolute atomic E-state index is 13.0. The molecule has 1 aromatic heterocycles. The zero-order valence-electron chi connectivity index (χ0n) is 14.8. The van der Waals surface area contributed by atoms with Crippen LogP contribution in [0.4, 0.5) is 5.82 Å². The van der Waals surface area contributed by atoms with Crippen LogP contribution >= 0.6 is 11.6 Å². The number of anilines is 1. The fourth-order valence-electron chi connectivity index (χ4n) is 2.77. The van der Waals surface area contributed by atoms with Crippen LogP contribution in [-0.2, 0) is 10.0 Å². The van der Waals surface area contributed by atoms with E-state index in [2.05, 4.69) is 5.10 Å². The van der Waals surface area contributed by atoms with Gasteiger partial charge in [0.1, 0.15) is 5.82 Å². The monoisotopic (exact) mass is 427 g/mol. The van der Waals surface area contributed by atoms with E-state index >= 15 is 0 Å². The van der Waals surface area contributed by atoms with Crippen molar-refractivity contribution in [1.82, 2.24) is 9.19 Å². The maximum Gasteiger partial charge on any atom is 0.344 e. The molecular weight excluding hydrogens is 414 g/mol. The number of carbonyl (C=O) groups excluding carboxylic acids is 1. The lowest BCUT2D eigenvalue weighted by Gasteiger charge is -2.07. The van der Waals surface area contributed by atoms with Crippen molar-refractivity contribution in [3.63, 3.8) is 0 Å². The lowest BCUT2D eigenvalue weighted by Crippen LogP contribution is -2.17. The molecule has 0 saturated heterocycles. The van der Waals surface area contributed by atoms with Gasteiger partial charge in [-0.3, -0.25) is 0 Å². The van der Waals surface area contributed by atoms with E-state index in [0.717, 1.165) is 10.8 Å². The number of esters is 1. The van der Waals surface area contributed by atoms with Gasteiger partial charge >= 0.3 is 5.97 Å². The zero-order chi connectivity index (χ0) is 20.6. The largest absolute Gasteiger partial charge is 0.402 e. The topological polar surface area (TPSA) is 104 Å². The van der Waals surface area contributed by atoms with Crippen molar-refractivity contribution >= 4 is 44.2 Å². The standard InChI is InChI=1S/C20H14ClN3O4S/c21-16-8-5-14(6-9-16)20(25)28-19-12-18(22)24(23-19)29(26,27)17-10-7-13-3-1-2-4-15(13)11-17/h1-12H,22H2. The van der Waals surface area contributed by atoms with Crippen LogP contribution in [0.5, 0.6) is 5.88 Å². The molecule has 1 heterocycles. The van der Waals surface area contributed by atoms with E-state index in [1.54, 1.807) is 12.1 Å². The summed E-state index contributed by atoms with van der Waals surface area (Å²) >= 11 is 5.79. The molecule has 0 aliphatic carbocycles. The quantitative estimate of drug-likeness (QED) is 0.497. The molecule has 0 atom stereocenters. The lowest BCUT2D eigenvalue weighted by atomic mass is 10.1. The predicted octanol–water partition coefficient (Wildman–Crippen LogP) is 3.73. The fourth-order valence-corrected chi connectivity index (χ4v) is 4.13. The van der Waals surface area contributed by atoms with Gasteiger partial charge in [-0.05, 0) is 47.2 Å². The van der Waals surface area contributed by atoms with Crippen LogP contribution in [0.25, 0.3) is 10.8 Å². The van der Waals surface area contributed by atoms with E-state index < -0.39 is 16.0 Å². The van der Waals surface area contributed by atoms with Gasteiger partial charge < -0.3 is 10.5 Å². The summed E-state index contributed by atoms with van der Waals surface area (Å²) in [6.45, 7) is 0. The van der Waals surface area contributed by atoms with Crippen molar-refractivity contribution in [2.24, 2.45) is 0 Å². The number of aromatic nitrogens is 2. The second kappa shape index (κ2) is 7.23. The van der Waals surface area contributed by atoms with Gasteiger partial charge in [-0.2, -0.15) is 8.42 Å². The summed E-state index contributed by atoms with van der Waals surface area (Å²) < 4.78 is 31.7. The molecule has 0 amide bonds. The molecule has 29 heavy (non-hydrogen) atoms. The van der Waals surface area contributed by atoms with Crippen LogP contribution in [0.3, 0.4) is 0 Å². The van der Waals surface area contributed by atoms with Crippen LogP contribution < -0.4 is 10.5 Å². The average molecular weight is 428 g/mol. The molecule has 0 radical (unpaired) electrons. The van der Waals surface area contributed by atoms with Crippen LogP contribution in [-0.4, -0.2) is 23.6 Å². The third-order valence-electron chi connectivity index (χ3n) is 4.21. The van der Waals surface area contributed by atoms with Gasteiger partial charge in [0.25, 0.3) is 10.0 Å². The van der Waals surface area contributed by atoms with E-state index in [1.807, 2.05) is 18.2 Å². The number of hydrogen-bond acceptors (Lipinski definition) is 6. The third-order valence-corrected chi connectivity index (χ3v) is 6.05. The minimum absolute atomic E-state index is 0.0153. The molecule has 7 nitrogen and oxygen atoms in total. The van der Waals surface area contributed by atoms with Gasteiger partial charge in [-0.25, -0.2) is 4.79 Å². The fraction of sp³-hybridized carbons (Fsp3) is 0. The van der Waals surface area contributed by atoms with E-state index in [1.165, 1.54) is 42.5 Å². The summed E-state index contributed by atoms with van der Waals surface area (Å²) in [5.74, 6) is -1.13. The normalized spacial score (nSPS) is 11.5. The highest BCUT2D eigenvalue weighted by Crippen LogP contribution is 2.24. The second-order valence-corrected chi connectivity index (χ2v) is 8.36. The minimum atomic E-state index is -4.07. The van der Waals surface area contributed by atoms with Gasteiger partial charge in [-0.15, -0.1) is 9.19 Å². The van der Waals surface area contributed by atoms with Crippen molar-refractivity contribution in [2.45, 2.75) is 4.90 Å². The van der Waals surface area contributed by atoms with Crippen LogP contribution in [0.1, 0.15) is 10.4 Å². The molecule has 4 rings (SSSR count). The van der Waals surface area contributed by atoms with Crippen LogP contribution in [0, 0.1) is 0 Å². The van der Waals surface area contributed by atoms with Crippen LogP contribution in [0.2, 0.25) is 5.02 Å². The van der Waals surface area contributed by atoms with Gasteiger partial charge in [0.05, 0.1) is 10.5 Å². The van der Waals surface area contributed by atoms with Gasteiger partial charge in [0, 0.05) is 11.1 Å². The molecular formula is C20H14ClN3O4S. The number of ether oxygens (including phenoxy) is 1. The number of nitrogens with two attached hydrogens (primary N) is 1. The Morgan fingerprint density at radius 1 is 0.966 bits per heavy atom. The molecule has 4 aromatic rings. The molecule has 0 fully saturated rings. The van der Waals surface area contributed by atoms with Crippen molar-refractivity contribution in [3.8, 4) is 5.88 Å². The summed E-state index contributed by atoms with van der Waals surface area (Å²) in [7, 11) is -4.07. The van der Waals surface area contributed by atoms with Crippen LogP contribution in [0.15, 0.2) is 77.7 Å². The first-order valence-corrected chi connectivity index (χ1v) is 10.2. The van der Waals surface area contributed by atoms with E-state index in [4.69, 9.17) is 22.1 Å². The molecule has 3 aromatic carbocycles. The maximum atomic E-state index is 13.0. The molecule has 2 N–H and O–H groups in total. The summed E-state index contributed by atoms with van der Waals surface area (Å²) in [6.07, 6.45) is 0. The molecule has 0 spiro atoms.